The summed E-state index contributed by atoms with van der Waals surface area (Å²) in [6.07, 6.45) is 7.55. The van der Waals surface area contributed by atoms with Gasteiger partial charge in [0.1, 0.15) is 23.0 Å². The van der Waals surface area contributed by atoms with E-state index in [1.54, 1.807) is 38.5 Å². The molecule has 1 saturated carbocycles. The molecule has 5 aliphatic rings. The molecule has 272 valence electrons. The minimum atomic E-state index is -1.94. The van der Waals surface area contributed by atoms with Gasteiger partial charge in [-0.1, -0.05) is 51.9 Å². The zero-order valence-electron chi connectivity index (χ0n) is 28.6. The van der Waals surface area contributed by atoms with Crippen LogP contribution in [0.1, 0.15) is 29.5 Å². The van der Waals surface area contributed by atoms with Crippen LogP contribution in [0.4, 0.5) is 5.69 Å². The summed E-state index contributed by atoms with van der Waals surface area (Å²) >= 11 is 18.0. The monoisotopic (exact) mass is 818 g/mol. The summed E-state index contributed by atoms with van der Waals surface area (Å²) in [7, 11) is 3.19. The lowest BCUT2D eigenvalue weighted by Crippen LogP contribution is -2.61. The topological polar surface area (TPSA) is 123 Å². The predicted octanol–water partition coefficient (Wildman–Crippen LogP) is 6.85. The number of alkyl halides is 3. The van der Waals surface area contributed by atoms with E-state index in [9.17, 15) is 24.3 Å². The standard InChI is InChI=1S/C40H33BrCl2N2O8/c1-51-27-10-14-31(52-2)22(17-27)6-3-21-4-7-25(8-5-21)45-35(47)29-12-11-28-30(33(29)36(45)48)18-39(42)37(49)44(20-41)38(50)40(39,43)34(28)24-15-23-16-26(46)9-13-32(23)53-19-24/h3-11,13-14,16-17,19,29-30,33-34,46H,12,15,18,20H2,1-2H3/t29-,30+,33-,34-,39+,40-/m0/s1. The smallest absolute Gasteiger partial charge is 0.254 e. The molecule has 3 aromatic carbocycles. The number of ether oxygens (including phenoxy) is 3. The van der Waals surface area contributed by atoms with E-state index < -0.39 is 51.1 Å². The molecule has 3 aliphatic heterocycles. The number of rotatable bonds is 7. The van der Waals surface area contributed by atoms with Gasteiger partial charge in [-0.25, -0.2) is 0 Å². The second-order valence-electron chi connectivity index (χ2n) is 13.8. The van der Waals surface area contributed by atoms with E-state index in [1.165, 1.54) is 17.2 Å². The fourth-order valence-electron chi connectivity index (χ4n) is 8.71. The maximum Gasteiger partial charge on any atom is 0.254 e. The van der Waals surface area contributed by atoms with E-state index in [4.69, 9.17) is 37.4 Å². The fourth-order valence-corrected chi connectivity index (χ4v) is 10.1. The second-order valence-corrected chi connectivity index (χ2v) is 15.6. The van der Waals surface area contributed by atoms with Crippen LogP contribution in [-0.4, -0.2) is 63.1 Å². The Morgan fingerprint density at radius 1 is 0.943 bits per heavy atom. The number of phenols is 1. The second kappa shape index (κ2) is 13.1. The number of hydrogen-bond acceptors (Lipinski definition) is 8. The number of likely N-dealkylation sites (tertiary alicyclic amines) is 1. The molecule has 0 unspecified atom stereocenters. The van der Waals surface area contributed by atoms with E-state index in [-0.39, 0.29) is 36.4 Å². The van der Waals surface area contributed by atoms with Crippen LogP contribution in [0.25, 0.3) is 12.2 Å². The highest BCUT2D eigenvalue weighted by atomic mass is 79.9. The van der Waals surface area contributed by atoms with Gasteiger partial charge in [0.25, 0.3) is 11.8 Å². The van der Waals surface area contributed by atoms with E-state index in [2.05, 4.69) is 15.9 Å². The molecule has 3 fully saturated rings. The number of carbonyl (C=O) groups excluding carboxylic acids is 4. The Kier molecular flexibility index (Phi) is 8.74. The van der Waals surface area contributed by atoms with Gasteiger partial charge in [0.05, 0.1) is 43.5 Å². The zero-order chi connectivity index (χ0) is 37.4. The Morgan fingerprint density at radius 2 is 1.72 bits per heavy atom. The molecule has 8 rings (SSSR count). The van der Waals surface area contributed by atoms with Crippen molar-refractivity contribution in [1.29, 1.82) is 0 Å². The van der Waals surface area contributed by atoms with Crippen LogP contribution < -0.4 is 19.1 Å². The van der Waals surface area contributed by atoms with Gasteiger partial charge in [-0.2, -0.15) is 0 Å². The molecular weight excluding hydrogens is 787 g/mol. The van der Waals surface area contributed by atoms with Crippen LogP contribution in [0.15, 0.2) is 84.1 Å². The molecule has 1 N–H and O–H groups in total. The highest BCUT2D eigenvalue weighted by molar-refractivity contribution is 9.09. The minimum absolute atomic E-state index is 0.0380. The Bertz CT molecular complexity index is 2190. The van der Waals surface area contributed by atoms with Gasteiger partial charge in [0.15, 0.2) is 9.75 Å². The first-order valence-electron chi connectivity index (χ1n) is 17.0. The van der Waals surface area contributed by atoms with Crippen LogP contribution in [-0.2, 0) is 25.6 Å². The number of carbonyl (C=O) groups is 4. The number of benzene rings is 3. The molecule has 10 nitrogen and oxygen atoms in total. The summed E-state index contributed by atoms with van der Waals surface area (Å²) in [5.74, 6) is -3.30. The molecule has 3 aromatic rings. The van der Waals surface area contributed by atoms with E-state index >= 15 is 0 Å². The van der Waals surface area contributed by atoms with Gasteiger partial charge < -0.3 is 19.3 Å². The Balaban J connectivity index is 1.13. The van der Waals surface area contributed by atoms with Crippen molar-refractivity contribution >= 4 is 80.6 Å². The van der Waals surface area contributed by atoms with Gasteiger partial charge >= 0.3 is 0 Å². The number of hydrogen-bond donors (Lipinski definition) is 1. The van der Waals surface area contributed by atoms with Crippen LogP contribution >= 0.6 is 39.1 Å². The van der Waals surface area contributed by atoms with Crippen molar-refractivity contribution in [2.45, 2.75) is 29.0 Å². The molecule has 3 heterocycles. The fraction of sp³-hybridized carbons (Fsp3) is 0.300. The van der Waals surface area contributed by atoms with Crippen molar-refractivity contribution < 1.29 is 38.5 Å². The number of allylic oxidation sites excluding steroid dienone is 3. The molecule has 2 aliphatic carbocycles. The zero-order valence-corrected chi connectivity index (χ0v) is 31.7. The van der Waals surface area contributed by atoms with E-state index in [0.717, 1.165) is 16.0 Å². The molecule has 0 aromatic heterocycles. The number of phenolic OH excluding ortho intramolecular Hbond substituents is 1. The van der Waals surface area contributed by atoms with Crippen LogP contribution in [0, 0.1) is 23.7 Å². The third kappa shape index (κ3) is 5.26. The molecule has 0 radical (unpaired) electrons. The average molecular weight is 821 g/mol. The SMILES string of the molecule is COc1ccc(OC)c(C=Cc2ccc(N3C(=O)[C@H]4[C@H](CC=C5[C@H](C6=COc7ccc(O)cc7C6)[C@]6(Cl)C(=O)N(CBr)C(=O)[C@]6(Cl)C[C@H]54)C3=O)cc2)c1. The lowest BCUT2D eigenvalue weighted by atomic mass is 9.56. The third-order valence-electron chi connectivity index (χ3n) is 11.2. The highest BCUT2D eigenvalue weighted by Crippen LogP contribution is 2.65. The highest BCUT2D eigenvalue weighted by Gasteiger charge is 2.76. The first kappa shape index (κ1) is 35.4. The first-order valence-corrected chi connectivity index (χ1v) is 18.9. The lowest BCUT2D eigenvalue weighted by Gasteiger charge is -2.51. The average Bonchev–Trinajstić information content (AvgIpc) is 3.50. The number of amides is 4. The van der Waals surface area contributed by atoms with Gasteiger partial charge in [-0.3, -0.25) is 29.0 Å². The molecule has 6 atom stereocenters. The van der Waals surface area contributed by atoms with Crippen LogP contribution in [0.2, 0.25) is 0 Å². The quantitative estimate of drug-likeness (QED) is 0.0904. The third-order valence-corrected chi connectivity index (χ3v) is 13.1. The normalized spacial score (nSPS) is 28.9. The maximum absolute atomic E-state index is 14.5. The summed E-state index contributed by atoms with van der Waals surface area (Å²) in [5.41, 5.74) is 3.85. The first-order chi connectivity index (χ1) is 25.4. The number of fused-ring (bicyclic) bond motifs is 5. The van der Waals surface area contributed by atoms with Crippen molar-refractivity contribution in [3.05, 3.63) is 101 Å². The molecule has 4 amide bonds. The number of nitrogens with zero attached hydrogens (tertiary/aromatic N) is 2. The number of imide groups is 2. The Labute approximate surface area is 323 Å². The van der Waals surface area contributed by atoms with Crippen molar-refractivity contribution in [3.63, 3.8) is 0 Å². The summed E-state index contributed by atoms with van der Waals surface area (Å²) in [4.78, 5) is 55.0. The van der Waals surface area contributed by atoms with Gasteiger partial charge in [0, 0.05) is 23.5 Å². The number of methoxy groups -OCH3 is 2. The summed E-state index contributed by atoms with van der Waals surface area (Å²) in [6, 6.07) is 17.3. The summed E-state index contributed by atoms with van der Waals surface area (Å²) in [6.45, 7) is 0. The van der Waals surface area contributed by atoms with Crippen LogP contribution in [0.5, 0.6) is 23.0 Å². The number of aromatic hydroxyl groups is 1. The van der Waals surface area contributed by atoms with Crippen molar-refractivity contribution in [2.24, 2.45) is 23.7 Å². The molecular formula is C40H33BrCl2N2O8. The van der Waals surface area contributed by atoms with Gasteiger partial charge in [-0.05, 0) is 78.4 Å². The van der Waals surface area contributed by atoms with Gasteiger partial charge in [0.2, 0.25) is 11.8 Å². The molecule has 0 spiro atoms. The minimum Gasteiger partial charge on any atom is -0.508 e. The Hall–Kier alpha value is -4.58. The molecule has 2 saturated heterocycles. The molecule has 0 bridgehead atoms. The summed E-state index contributed by atoms with van der Waals surface area (Å²) < 4.78 is 16.8. The number of anilines is 1. The van der Waals surface area contributed by atoms with Crippen molar-refractivity contribution in [2.75, 3.05) is 24.6 Å². The van der Waals surface area contributed by atoms with E-state index in [1.807, 2.05) is 48.6 Å². The number of halogens is 3. The van der Waals surface area contributed by atoms with Crippen molar-refractivity contribution in [1.82, 2.24) is 4.90 Å². The molecule has 53 heavy (non-hydrogen) atoms. The van der Waals surface area contributed by atoms with Crippen LogP contribution in [0.3, 0.4) is 0 Å². The van der Waals surface area contributed by atoms with E-state index in [0.29, 0.717) is 39.6 Å². The largest absolute Gasteiger partial charge is 0.508 e. The summed E-state index contributed by atoms with van der Waals surface area (Å²) in [5, 5.41) is 10.2. The maximum atomic E-state index is 14.5. The van der Waals surface area contributed by atoms with Crippen molar-refractivity contribution in [3.8, 4) is 23.0 Å². The predicted molar refractivity (Wildman–Crippen MR) is 202 cm³/mol. The lowest BCUT2D eigenvalue weighted by molar-refractivity contribution is -0.138. The van der Waals surface area contributed by atoms with Gasteiger partial charge in [-0.15, -0.1) is 23.2 Å². The Morgan fingerprint density at radius 3 is 2.43 bits per heavy atom. The molecule has 13 heteroatoms.